The zero-order chi connectivity index (χ0) is 40.1. The van der Waals surface area contributed by atoms with Gasteiger partial charge in [0.2, 0.25) is 0 Å². The molecule has 2 aromatic carbocycles. The summed E-state index contributed by atoms with van der Waals surface area (Å²) in [7, 11) is 0. The first-order valence-corrected chi connectivity index (χ1v) is 20.5. The molecule has 0 saturated heterocycles. The summed E-state index contributed by atoms with van der Waals surface area (Å²) in [6.45, 7) is 4.26. The molecule has 1 aromatic heterocycles. The summed E-state index contributed by atoms with van der Waals surface area (Å²) in [5, 5.41) is 13.7. The van der Waals surface area contributed by atoms with Gasteiger partial charge in [0.15, 0.2) is 11.6 Å². The number of nitrogens with zero attached hydrogens (tertiary/aromatic N) is 1. The van der Waals surface area contributed by atoms with Crippen molar-refractivity contribution in [3.05, 3.63) is 101 Å². The maximum absolute atomic E-state index is 13.6. The molecule has 5 aliphatic rings. The molecule has 3 aromatic rings. The van der Waals surface area contributed by atoms with Gasteiger partial charge in [0, 0.05) is 54.4 Å². The van der Waals surface area contributed by atoms with Crippen LogP contribution in [0.5, 0.6) is 0 Å². The van der Waals surface area contributed by atoms with Gasteiger partial charge >= 0.3 is 11.9 Å². The Morgan fingerprint density at radius 2 is 1.70 bits per heavy atom. The normalized spacial score (nSPS) is 31.7. The lowest BCUT2D eigenvalue weighted by Gasteiger charge is -2.58. The molecule has 5 aliphatic carbocycles. The van der Waals surface area contributed by atoms with Crippen molar-refractivity contribution >= 4 is 40.1 Å². The average molecular weight is 773 g/mol. The van der Waals surface area contributed by atoms with E-state index in [1.165, 1.54) is 0 Å². The summed E-state index contributed by atoms with van der Waals surface area (Å²) in [6.07, 6.45) is 13.1. The molecule has 10 atom stereocenters. The van der Waals surface area contributed by atoms with E-state index in [2.05, 4.69) is 18.8 Å². The number of pyridine rings is 1. The fourth-order valence-corrected chi connectivity index (χ4v) is 11.2. The van der Waals surface area contributed by atoms with Gasteiger partial charge in [-0.1, -0.05) is 68.0 Å². The van der Waals surface area contributed by atoms with Crippen LogP contribution in [0.1, 0.15) is 75.0 Å². The van der Waals surface area contributed by atoms with E-state index in [-0.39, 0.29) is 72.6 Å². The highest BCUT2D eigenvalue weighted by Crippen LogP contribution is 2.66. The monoisotopic (exact) mass is 772 g/mol. The number of aromatic nitrogens is 1. The summed E-state index contributed by atoms with van der Waals surface area (Å²) in [6, 6.07) is 15.5. The number of fused-ring (bicyclic) bond motifs is 6. The van der Waals surface area contributed by atoms with E-state index >= 15 is 0 Å². The highest BCUT2D eigenvalue weighted by molar-refractivity contribution is 6.01. The van der Waals surface area contributed by atoms with Crippen LogP contribution in [0.3, 0.4) is 0 Å². The third-order valence-corrected chi connectivity index (χ3v) is 14.4. The number of carbonyl (C=O) groups is 5. The lowest BCUT2D eigenvalue weighted by Crippen LogP contribution is -2.56. The van der Waals surface area contributed by atoms with Gasteiger partial charge < -0.3 is 20.3 Å². The van der Waals surface area contributed by atoms with Gasteiger partial charge in [0.1, 0.15) is 12.4 Å². The van der Waals surface area contributed by atoms with Crippen LogP contribution in [0, 0.1) is 46.3 Å². The predicted molar refractivity (Wildman–Crippen MR) is 212 cm³/mol. The molecule has 10 nitrogen and oxygen atoms in total. The second kappa shape index (κ2) is 15.5. The molecule has 57 heavy (non-hydrogen) atoms. The van der Waals surface area contributed by atoms with Crippen LogP contribution in [0.2, 0.25) is 0 Å². The quantitative estimate of drug-likeness (QED) is 0.203. The summed E-state index contributed by atoms with van der Waals surface area (Å²) in [4.78, 5) is 68.9. The van der Waals surface area contributed by atoms with E-state index in [4.69, 9.17) is 15.2 Å². The number of ether oxygens (including phenoxy) is 2. The average Bonchev–Trinajstić information content (AvgIpc) is 3.93. The number of hydrogen-bond acceptors (Lipinski definition) is 10. The van der Waals surface area contributed by atoms with Gasteiger partial charge in [-0.25, -0.2) is 0 Å². The van der Waals surface area contributed by atoms with E-state index in [1.807, 2.05) is 54.6 Å². The predicted octanol–water partition coefficient (Wildman–Crippen LogP) is 5.82. The third kappa shape index (κ3) is 7.42. The van der Waals surface area contributed by atoms with Gasteiger partial charge in [0.05, 0.1) is 30.5 Å². The second-order valence-electron chi connectivity index (χ2n) is 17.6. The third-order valence-electron chi connectivity index (χ3n) is 14.4. The summed E-state index contributed by atoms with van der Waals surface area (Å²) < 4.78 is 11.0. The number of nitrogens with two attached hydrogens (primary N) is 1. The topological polar surface area (TPSA) is 163 Å². The Hall–Kier alpha value is -4.80. The SMILES string of the molecule is C[C@]12C=CC(=O)C=C1CC[C@@H]1C2[C@@H](O)C[C@@]2(C)C1CC[C@@H]2C(=O)COC(=O)C1CC1C(=O)OCCc1ccc(C(CN)C(=O)Cc2ccc3cnccc3c2)cc1. The van der Waals surface area contributed by atoms with E-state index in [1.54, 1.807) is 24.5 Å². The molecule has 0 amide bonds. The molecular weight excluding hydrogens is 721 g/mol. The number of hydrogen-bond donors (Lipinski definition) is 2. The van der Waals surface area contributed by atoms with Crippen molar-refractivity contribution in [1.29, 1.82) is 0 Å². The molecule has 0 bridgehead atoms. The number of esters is 2. The molecule has 1 heterocycles. The fourth-order valence-electron chi connectivity index (χ4n) is 11.2. The van der Waals surface area contributed by atoms with Crippen LogP contribution < -0.4 is 5.73 Å². The second-order valence-corrected chi connectivity index (χ2v) is 17.6. The first-order chi connectivity index (χ1) is 27.4. The molecule has 10 heteroatoms. The van der Waals surface area contributed by atoms with Crippen LogP contribution in [0.25, 0.3) is 10.8 Å². The molecular formula is C47H52N2O8. The molecule has 4 saturated carbocycles. The van der Waals surface area contributed by atoms with E-state index in [0.29, 0.717) is 25.7 Å². The van der Waals surface area contributed by atoms with Gasteiger partial charge in [-0.2, -0.15) is 0 Å². The minimum absolute atomic E-state index is 0.00381. The molecule has 0 radical (unpaired) electrons. The Morgan fingerprint density at radius 1 is 0.947 bits per heavy atom. The Labute approximate surface area is 333 Å². The van der Waals surface area contributed by atoms with E-state index in [9.17, 15) is 29.1 Å². The number of benzene rings is 2. The van der Waals surface area contributed by atoms with Crippen LogP contribution >= 0.6 is 0 Å². The van der Waals surface area contributed by atoms with Crippen molar-refractivity contribution in [2.75, 3.05) is 19.8 Å². The van der Waals surface area contributed by atoms with Crippen molar-refractivity contribution in [3.63, 3.8) is 0 Å². The number of aliphatic hydroxyl groups is 1. The van der Waals surface area contributed by atoms with Crippen LogP contribution in [0.15, 0.2) is 84.7 Å². The highest BCUT2D eigenvalue weighted by Gasteiger charge is 2.62. The molecule has 0 spiro atoms. The number of Topliss-reactive ketones (excluding diaryl/α,β-unsaturated/α-hetero) is 2. The van der Waals surface area contributed by atoms with E-state index in [0.717, 1.165) is 52.3 Å². The number of rotatable bonds is 13. The summed E-state index contributed by atoms with van der Waals surface area (Å²) >= 11 is 0. The Morgan fingerprint density at radius 3 is 2.47 bits per heavy atom. The standard InChI is InChI=1S/C47H52N2O8/c1-46-16-13-33(50)21-32(46)9-10-34-38-11-12-39(47(38,2)23-41(52)43(34)46)42(53)26-57-45(55)36-22-35(36)44(54)56-18-15-27-3-6-29(7-4-27)37(24-48)40(51)20-28-5-8-31-25-49-17-14-30(31)19-28/h3-8,13-14,16-17,19,21,25,34-39,41,43,52H,9-12,15,18,20,22-24,26,48H2,1-2H3/t34-,35?,36?,37?,38?,39+,41-,43?,46-,47-/m0/s1. The Kier molecular flexibility index (Phi) is 10.6. The van der Waals surface area contributed by atoms with Gasteiger partial charge in [-0.15, -0.1) is 0 Å². The number of allylic oxidation sites excluding steroid dienone is 4. The van der Waals surface area contributed by atoms with E-state index < -0.39 is 41.2 Å². The first kappa shape index (κ1) is 39.0. The van der Waals surface area contributed by atoms with Gasteiger partial charge in [-0.3, -0.25) is 29.0 Å². The molecule has 8 rings (SSSR count). The van der Waals surface area contributed by atoms with Gasteiger partial charge in [0.25, 0.3) is 0 Å². The first-order valence-electron chi connectivity index (χ1n) is 20.5. The number of carbonyl (C=O) groups excluding carboxylic acids is 5. The Bertz CT molecular complexity index is 2160. The van der Waals surface area contributed by atoms with Crippen molar-refractivity contribution in [2.45, 2.75) is 77.2 Å². The van der Waals surface area contributed by atoms with Crippen LogP contribution in [-0.2, 0) is 46.3 Å². The smallest absolute Gasteiger partial charge is 0.310 e. The van der Waals surface area contributed by atoms with Crippen LogP contribution in [-0.4, -0.2) is 65.2 Å². The molecule has 0 aliphatic heterocycles. The molecule has 5 unspecified atom stereocenters. The minimum Gasteiger partial charge on any atom is -0.465 e. The number of aliphatic hydroxyl groups excluding tert-OH is 1. The van der Waals surface area contributed by atoms with Crippen molar-refractivity contribution in [1.82, 2.24) is 4.98 Å². The van der Waals surface area contributed by atoms with Crippen molar-refractivity contribution < 1.29 is 38.6 Å². The lowest BCUT2D eigenvalue weighted by atomic mass is 9.46. The largest absolute Gasteiger partial charge is 0.465 e. The maximum atomic E-state index is 13.6. The zero-order valence-electron chi connectivity index (χ0n) is 32.7. The Balaban J connectivity index is 0.779. The fraction of sp³-hybridized carbons (Fsp3) is 0.489. The highest BCUT2D eigenvalue weighted by atomic mass is 16.5. The van der Waals surface area contributed by atoms with Gasteiger partial charge in [-0.05, 0) is 96.1 Å². The van der Waals surface area contributed by atoms with Crippen molar-refractivity contribution in [3.8, 4) is 0 Å². The van der Waals surface area contributed by atoms with Crippen molar-refractivity contribution in [2.24, 2.45) is 52.1 Å². The minimum atomic E-state index is -0.619. The molecule has 4 fully saturated rings. The summed E-state index contributed by atoms with van der Waals surface area (Å²) in [5.74, 6) is -2.54. The molecule has 3 N–H and O–H groups in total. The maximum Gasteiger partial charge on any atom is 0.310 e. The zero-order valence-corrected chi connectivity index (χ0v) is 32.7. The number of ketones is 3. The summed E-state index contributed by atoms with van der Waals surface area (Å²) in [5.41, 5.74) is 9.09. The lowest BCUT2D eigenvalue weighted by molar-refractivity contribution is -0.156. The van der Waals surface area contributed by atoms with Crippen LogP contribution in [0.4, 0.5) is 0 Å². The molecule has 298 valence electrons.